The van der Waals surface area contributed by atoms with Crippen LogP contribution in [-0.2, 0) is 23.2 Å². The van der Waals surface area contributed by atoms with Crippen molar-refractivity contribution >= 4 is 11.8 Å². The molecule has 0 aliphatic carbocycles. The van der Waals surface area contributed by atoms with Gasteiger partial charge >= 0.3 is 0 Å². The van der Waals surface area contributed by atoms with Crippen LogP contribution in [0.5, 0.6) is 5.75 Å². The number of hydrogen-bond donors (Lipinski definition) is 1. The van der Waals surface area contributed by atoms with Gasteiger partial charge in [0.15, 0.2) is 5.82 Å². The summed E-state index contributed by atoms with van der Waals surface area (Å²) < 4.78 is 7.36. The van der Waals surface area contributed by atoms with Gasteiger partial charge in [-0.2, -0.15) is 0 Å². The quantitative estimate of drug-likeness (QED) is 0.420. The fourth-order valence-corrected chi connectivity index (χ4v) is 3.78. The van der Waals surface area contributed by atoms with E-state index in [0.29, 0.717) is 11.0 Å². The maximum absolute atomic E-state index is 6.18. The van der Waals surface area contributed by atoms with E-state index in [1.54, 1.807) is 11.8 Å². The van der Waals surface area contributed by atoms with Crippen LogP contribution < -0.4 is 10.6 Å². The summed E-state index contributed by atoms with van der Waals surface area (Å²) in [5, 5.41) is 9.08. The predicted octanol–water partition coefficient (Wildman–Crippen LogP) is 5.46. The second-order valence-electron chi connectivity index (χ2n) is 9.57. The van der Waals surface area contributed by atoms with Crippen molar-refractivity contribution in [1.29, 1.82) is 0 Å². The normalized spacial score (nSPS) is 12.2. The molecule has 2 N–H and O–H groups in total. The predicted molar refractivity (Wildman–Crippen MR) is 124 cm³/mol. The molecule has 3 rings (SSSR count). The number of aromatic nitrogens is 3. The van der Waals surface area contributed by atoms with Gasteiger partial charge in [-0.15, -0.1) is 10.2 Å². The summed E-state index contributed by atoms with van der Waals surface area (Å²) >= 11 is 1.57. The zero-order valence-electron chi connectivity index (χ0n) is 18.8. The molecule has 30 heavy (non-hydrogen) atoms. The highest BCUT2D eigenvalue weighted by Gasteiger charge is 2.15. The highest BCUT2D eigenvalue weighted by Crippen LogP contribution is 2.26. The van der Waals surface area contributed by atoms with E-state index in [1.165, 1.54) is 21.4 Å². The topological polar surface area (TPSA) is 66.0 Å². The Labute approximate surface area is 184 Å². The van der Waals surface area contributed by atoms with Crippen molar-refractivity contribution in [3.63, 3.8) is 0 Å². The first-order valence-corrected chi connectivity index (χ1v) is 11.2. The lowest BCUT2D eigenvalue weighted by molar-refractivity contribution is 0.291. The van der Waals surface area contributed by atoms with Crippen molar-refractivity contribution in [2.45, 2.75) is 69.9 Å². The van der Waals surface area contributed by atoms with Crippen LogP contribution in [0, 0.1) is 0 Å². The summed E-state index contributed by atoms with van der Waals surface area (Å²) in [6.45, 7) is 13.5. The minimum Gasteiger partial charge on any atom is -0.486 e. The lowest BCUT2D eigenvalue weighted by Gasteiger charge is -2.19. The van der Waals surface area contributed by atoms with E-state index in [1.807, 2.05) is 12.1 Å². The number of benzene rings is 2. The van der Waals surface area contributed by atoms with E-state index >= 15 is 0 Å². The molecule has 0 radical (unpaired) electrons. The molecule has 2 aromatic carbocycles. The van der Waals surface area contributed by atoms with Crippen molar-refractivity contribution in [3.05, 3.63) is 71.0 Å². The van der Waals surface area contributed by atoms with Crippen LogP contribution in [0.1, 0.15) is 64.1 Å². The molecule has 3 aromatic rings. The zero-order chi connectivity index (χ0) is 21.9. The van der Waals surface area contributed by atoms with Crippen LogP contribution >= 0.6 is 11.8 Å². The van der Waals surface area contributed by atoms with E-state index in [-0.39, 0.29) is 17.4 Å². The van der Waals surface area contributed by atoms with E-state index in [0.717, 1.165) is 11.5 Å². The van der Waals surface area contributed by atoms with Crippen LogP contribution in [-0.4, -0.2) is 14.9 Å². The molecular weight excluding hydrogens is 392 g/mol. The van der Waals surface area contributed by atoms with Gasteiger partial charge < -0.3 is 10.6 Å². The molecule has 0 fully saturated rings. The monoisotopic (exact) mass is 424 g/mol. The number of nitrogens with two attached hydrogens (primary N) is 1. The highest BCUT2D eigenvalue weighted by molar-refractivity contribution is 7.98. The fraction of sp³-hybridized carbons (Fsp3) is 0.417. The maximum Gasteiger partial charge on any atom is 0.210 e. The van der Waals surface area contributed by atoms with E-state index in [4.69, 9.17) is 10.6 Å². The standard InChI is InChI=1S/C24H32N4OS/c1-23(2,3)18-9-7-17(8-10-18)16-30-22-27-26-21(28(22)25)15-29-20-13-11-19(12-14-20)24(4,5)6/h7-14H,15-16,25H2,1-6H3. The summed E-state index contributed by atoms with van der Waals surface area (Å²) in [6, 6.07) is 16.8. The smallest absolute Gasteiger partial charge is 0.210 e. The summed E-state index contributed by atoms with van der Waals surface area (Å²) in [4.78, 5) is 0. The molecule has 0 aliphatic rings. The Balaban J connectivity index is 1.57. The zero-order valence-corrected chi connectivity index (χ0v) is 19.6. The van der Waals surface area contributed by atoms with Crippen LogP contribution in [0.4, 0.5) is 0 Å². The van der Waals surface area contributed by atoms with Gasteiger partial charge in [0.1, 0.15) is 12.4 Å². The van der Waals surface area contributed by atoms with Crippen LogP contribution in [0.15, 0.2) is 53.7 Å². The Bertz CT molecular complexity index is 885. The second kappa shape index (κ2) is 8.72. The van der Waals surface area contributed by atoms with Crippen molar-refractivity contribution < 1.29 is 4.74 Å². The summed E-state index contributed by atoms with van der Waals surface area (Å²) in [7, 11) is 0. The van der Waals surface area contributed by atoms with E-state index in [2.05, 4.69) is 88.1 Å². The van der Waals surface area contributed by atoms with Gasteiger partial charge in [0, 0.05) is 5.75 Å². The Morgan fingerprint density at radius 1 is 0.833 bits per heavy atom. The Morgan fingerprint density at radius 3 is 1.90 bits per heavy atom. The molecule has 160 valence electrons. The Morgan fingerprint density at radius 2 is 1.37 bits per heavy atom. The van der Waals surface area contributed by atoms with Crippen molar-refractivity contribution in [3.8, 4) is 5.75 Å². The van der Waals surface area contributed by atoms with Gasteiger partial charge in [-0.25, -0.2) is 4.68 Å². The van der Waals surface area contributed by atoms with Crippen LogP contribution in [0.2, 0.25) is 0 Å². The third-order valence-electron chi connectivity index (χ3n) is 5.01. The van der Waals surface area contributed by atoms with Gasteiger partial charge in [-0.3, -0.25) is 0 Å². The first kappa shape index (κ1) is 22.2. The summed E-state index contributed by atoms with van der Waals surface area (Å²) in [5.41, 5.74) is 4.10. The molecule has 0 unspecified atom stereocenters. The minimum atomic E-state index is 0.120. The Hall–Kier alpha value is -2.47. The van der Waals surface area contributed by atoms with Gasteiger partial charge in [0.05, 0.1) is 0 Å². The second-order valence-corrected chi connectivity index (χ2v) is 10.5. The fourth-order valence-electron chi connectivity index (χ4n) is 2.95. The van der Waals surface area contributed by atoms with Crippen LogP contribution in [0.3, 0.4) is 0 Å². The van der Waals surface area contributed by atoms with Crippen LogP contribution in [0.25, 0.3) is 0 Å². The van der Waals surface area contributed by atoms with Crippen molar-refractivity contribution in [2.75, 3.05) is 5.84 Å². The lowest BCUT2D eigenvalue weighted by Crippen LogP contribution is -2.16. The third kappa shape index (κ3) is 5.57. The number of nitrogens with zero attached hydrogens (tertiary/aromatic N) is 3. The van der Waals surface area contributed by atoms with Crippen molar-refractivity contribution in [2.24, 2.45) is 0 Å². The maximum atomic E-state index is 6.18. The molecule has 0 amide bonds. The average molecular weight is 425 g/mol. The third-order valence-corrected chi connectivity index (χ3v) is 6.03. The highest BCUT2D eigenvalue weighted by atomic mass is 32.2. The molecule has 0 saturated carbocycles. The van der Waals surface area contributed by atoms with Crippen molar-refractivity contribution in [1.82, 2.24) is 14.9 Å². The van der Waals surface area contributed by atoms with Gasteiger partial charge in [-0.1, -0.05) is 89.7 Å². The van der Waals surface area contributed by atoms with Gasteiger partial charge in [-0.05, 0) is 39.7 Å². The number of nitrogen functional groups attached to an aromatic ring is 1. The number of rotatable bonds is 6. The molecule has 0 aliphatic heterocycles. The Kier molecular flexibility index (Phi) is 6.46. The number of thioether (sulfide) groups is 1. The molecule has 0 spiro atoms. The molecular formula is C24H32N4OS. The summed E-state index contributed by atoms with van der Waals surface area (Å²) in [5.74, 6) is 8.36. The first-order valence-electron chi connectivity index (χ1n) is 10.2. The molecule has 6 heteroatoms. The largest absolute Gasteiger partial charge is 0.486 e. The number of ether oxygens (including phenoxy) is 1. The molecule has 1 aromatic heterocycles. The number of hydrogen-bond acceptors (Lipinski definition) is 5. The lowest BCUT2D eigenvalue weighted by atomic mass is 9.87. The SMILES string of the molecule is CC(C)(C)c1ccc(CSc2nnc(COc3ccc(C(C)(C)C)cc3)n2N)cc1. The van der Waals surface area contributed by atoms with E-state index < -0.39 is 0 Å². The molecule has 1 heterocycles. The molecule has 0 bridgehead atoms. The molecule has 0 saturated heterocycles. The first-order chi connectivity index (χ1) is 14.0. The van der Waals surface area contributed by atoms with Gasteiger partial charge in [0.25, 0.3) is 0 Å². The summed E-state index contributed by atoms with van der Waals surface area (Å²) in [6.07, 6.45) is 0. The average Bonchev–Trinajstić information content (AvgIpc) is 3.03. The minimum absolute atomic E-state index is 0.120. The van der Waals surface area contributed by atoms with E-state index in [9.17, 15) is 0 Å². The molecule has 0 atom stereocenters. The molecule has 5 nitrogen and oxygen atoms in total. The van der Waals surface area contributed by atoms with Gasteiger partial charge in [0.2, 0.25) is 5.16 Å².